The van der Waals surface area contributed by atoms with Crippen LogP contribution < -0.4 is 9.80 Å². The summed E-state index contributed by atoms with van der Waals surface area (Å²) in [5.74, 6) is 1.11. The molecule has 28 heavy (non-hydrogen) atoms. The second-order valence-corrected chi connectivity index (χ2v) is 7.40. The number of anilines is 2. The van der Waals surface area contributed by atoms with Gasteiger partial charge in [-0.05, 0) is 30.2 Å². The largest absolute Gasteiger partial charge is 0.353 e. The summed E-state index contributed by atoms with van der Waals surface area (Å²) in [5, 5.41) is 0. The maximum Gasteiger partial charge on any atom is 0.241 e. The molecule has 0 N–H and O–H groups in total. The molecule has 0 atom stereocenters. The van der Waals surface area contributed by atoms with Gasteiger partial charge in [-0.1, -0.05) is 30.3 Å². The Morgan fingerprint density at radius 3 is 2.50 bits per heavy atom. The van der Waals surface area contributed by atoms with Gasteiger partial charge in [0.05, 0.1) is 23.8 Å². The first-order chi connectivity index (χ1) is 13.8. The number of aromatic nitrogens is 2. The van der Waals surface area contributed by atoms with Gasteiger partial charge in [0.25, 0.3) is 0 Å². The van der Waals surface area contributed by atoms with E-state index in [1.807, 2.05) is 47.5 Å². The fraction of sp³-hybridized carbons (Fsp3) is 0.318. The van der Waals surface area contributed by atoms with Crippen LogP contribution in [0.15, 0.2) is 54.7 Å². The summed E-state index contributed by atoms with van der Waals surface area (Å²) >= 11 is 0. The summed E-state index contributed by atoms with van der Waals surface area (Å²) < 4.78 is 0. The molecular weight excluding hydrogens is 350 g/mol. The van der Waals surface area contributed by atoms with Crippen LogP contribution in [0.25, 0.3) is 11.0 Å². The summed E-state index contributed by atoms with van der Waals surface area (Å²) in [6.45, 7) is 4.70. The molecule has 1 aromatic heterocycles. The molecule has 3 aromatic rings. The molecule has 0 bridgehead atoms. The number of piperazine rings is 1. The summed E-state index contributed by atoms with van der Waals surface area (Å²) in [4.78, 5) is 28.5. The van der Waals surface area contributed by atoms with Crippen molar-refractivity contribution in [3.8, 4) is 0 Å². The van der Waals surface area contributed by atoms with Crippen LogP contribution in [0.1, 0.15) is 5.56 Å². The van der Waals surface area contributed by atoms with Crippen LogP contribution in [0.3, 0.4) is 0 Å². The quantitative estimate of drug-likeness (QED) is 0.705. The van der Waals surface area contributed by atoms with Gasteiger partial charge in [0.2, 0.25) is 5.91 Å². The average molecular weight is 373 g/mol. The molecule has 5 rings (SSSR count). The van der Waals surface area contributed by atoms with Crippen LogP contribution in [0.4, 0.5) is 11.5 Å². The van der Waals surface area contributed by atoms with Gasteiger partial charge in [0, 0.05) is 38.4 Å². The van der Waals surface area contributed by atoms with Crippen LogP contribution in [-0.4, -0.2) is 60.0 Å². The number of carbonyl (C=O) groups excluding carboxylic acids is 1. The van der Waals surface area contributed by atoms with Crippen molar-refractivity contribution in [3.63, 3.8) is 0 Å². The lowest BCUT2D eigenvalue weighted by atomic mass is 10.2. The molecular formula is C22H23N5O. The van der Waals surface area contributed by atoms with Gasteiger partial charge < -0.3 is 9.80 Å². The zero-order valence-corrected chi connectivity index (χ0v) is 15.8. The Morgan fingerprint density at radius 2 is 1.64 bits per heavy atom. The van der Waals surface area contributed by atoms with Crippen molar-refractivity contribution in [3.05, 3.63) is 60.3 Å². The van der Waals surface area contributed by atoms with E-state index in [1.54, 1.807) is 0 Å². The van der Waals surface area contributed by atoms with E-state index >= 15 is 0 Å². The summed E-state index contributed by atoms with van der Waals surface area (Å²) in [7, 11) is 0. The second-order valence-electron chi connectivity index (χ2n) is 7.40. The van der Waals surface area contributed by atoms with Gasteiger partial charge in [-0.3, -0.25) is 14.7 Å². The number of fused-ring (bicyclic) bond motifs is 2. The molecule has 142 valence electrons. The highest BCUT2D eigenvalue weighted by Gasteiger charge is 2.27. The van der Waals surface area contributed by atoms with Crippen molar-refractivity contribution < 1.29 is 4.79 Å². The fourth-order valence-electron chi connectivity index (χ4n) is 4.11. The van der Waals surface area contributed by atoms with E-state index in [4.69, 9.17) is 4.98 Å². The molecule has 1 fully saturated rings. The van der Waals surface area contributed by atoms with Crippen molar-refractivity contribution >= 4 is 28.4 Å². The predicted octanol–water partition coefficient (Wildman–Crippen LogP) is 2.34. The lowest BCUT2D eigenvalue weighted by molar-refractivity contribution is -0.119. The Balaban J connectivity index is 1.21. The molecule has 3 heterocycles. The molecule has 0 unspecified atom stereocenters. The molecule has 6 nitrogen and oxygen atoms in total. The number of benzene rings is 2. The van der Waals surface area contributed by atoms with Gasteiger partial charge in [-0.25, -0.2) is 4.98 Å². The Bertz CT molecular complexity index is 1010. The number of hydrogen-bond acceptors (Lipinski definition) is 5. The molecule has 2 aromatic carbocycles. The number of hydrogen-bond donors (Lipinski definition) is 0. The Hall–Kier alpha value is -2.99. The summed E-state index contributed by atoms with van der Waals surface area (Å²) in [5.41, 5.74) is 4.19. The van der Waals surface area contributed by atoms with E-state index in [1.165, 1.54) is 5.56 Å². The molecule has 0 radical (unpaired) electrons. The lowest BCUT2D eigenvalue weighted by Crippen LogP contribution is -2.50. The molecule has 0 saturated carbocycles. The maximum absolute atomic E-state index is 12.8. The molecule has 0 aliphatic carbocycles. The second kappa shape index (κ2) is 7.20. The Morgan fingerprint density at radius 1 is 0.893 bits per heavy atom. The predicted molar refractivity (Wildman–Crippen MR) is 111 cm³/mol. The summed E-state index contributed by atoms with van der Waals surface area (Å²) in [6, 6.07) is 16.2. The van der Waals surface area contributed by atoms with E-state index in [-0.39, 0.29) is 5.91 Å². The monoisotopic (exact) mass is 373 g/mol. The molecule has 1 amide bonds. The van der Waals surface area contributed by atoms with Crippen molar-refractivity contribution in [1.29, 1.82) is 0 Å². The van der Waals surface area contributed by atoms with Crippen LogP contribution in [0.2, 0.25) is 0 Å². The van der Waals surface area contributed by atoms with E-state index in [9.17, 15) is 4.79 Å². The van der Waals surface area contributed by atoms with Crippen LogP contribution in [0.5, 0.6) is 0 Å². The normalized spacial score (nSPS) is 17.1. The van der Waals surface area contributed by atoms with Gasteiger partial charge >= 0.3 is 0 Å². The van der Waals surface area contributed by atoms with Crippen LogP contribution >= 0.6 is 0 Å². The first-order valence-electron chi connectivity index (χ1n) is 9.85. The zero-order valence-electron chi connectivity index (χ0n) is 15.8. The average Bonchev–Trinajstić information content (AvgIpc) is 3.18. The van der Waals surface area contributed by atoms with E-state index in [0.717, 1.165) is 61.7 Å². The minimum atomic E-state index is 0.198. The van der Waals surface area contributed by atoms with E-state index in [2.05, 4.69) is 26.9 Å². The van der Waals surface area contributed by atoms with E-state index < -0.39 is 0 Å². The van der Waals surface area contributed by atoms with Gasteiger partial charge in [-0.15, -0.1) is 0 Å². The van der Waals surface area contributed by atoms with Gasteiger partial charge in [0.15, 0.2) is 0 Å². The standard InChI is InChI=1S/C22H23N5O/c28-22(27-10-9-17-5-1-4-8-20(17)27)16-25-11-13-26(14-12-25)21-15-23-18-6-2-3-7-19(18)24-21/h1-8,15H,9-14,16H2. The smallest absolute Gasteiger partial charge is 0.241 e. The SMILES string of the molecule is O=C(CN1CCN(c2cnc3ccccc3n2)CC1)N1CCc2ccccc21. The number of amides is 1. The molecule has 2 aliphatic heterocycles. The summed E-state index contributed by atoms with van der Waals surface area (Å²) in [6.07, 6.45) is 2.81. The number of para-hydroxylation sites is 3. The minimum absolute atomic E-state index is 0.198. The zero-order chi connectivity index (χ0) is 18.9. The molecule has 1 saturated heterocycles. The van der Waals surface area contributed by atoms with Crippen LogP contribution in [-0.2, 0) is 11.2 Å². The first kappa shape index (κ1) is 17.1. The van der Waals surface area contributed by atoms with Gasteiger partial charge in [-0.2, -0.15) is 0 Å². The first-order valence-corrected chi connectivity index (χ1v) is 9.85. The Labute approximate surface area is 164 Å². The van der Waals surface area contributed by atoms with Crippen molar-refractivity contribution in [2.45, 2.75) is 6.42 Å². The number of nitrogens with zero attached hydrogens (tertiary/aromatic N) is 5. The van der Waals surface area contributed by atoms with E-state index in [0.29, 0.717) is 6.54 Å². The minimum Gasteiger partial charge on any atom is -0.353 e. The molecule has 6 heteroatoms. The third kappa shape index (κ3) is 3.20. The topological polar surface area (TPSA) is 52.6 Å². The maximum atomic E-state index is 12.8. The van der Waals surface area contributed by atoms with Crippen molar-refractivity contribution in [2.24, 2.45) is 0 Å². The highest BCUT2D eigenvalue weighted by atomic mass is 16.2. The van der Waals surface area contributed by atoms with Crippen molar-refractivity contribution in [1.82, 2.24) is 14.9 Å². The highest BCUT2D eigenvalue weighted by molar-refractivity contribution is 5.96. The highest BCUT2D eigenvalue weighted by Crippen LogP contribution is 2.27. The van der Waals surface area contributed by atoms with Gasteiger partial charge in [0.1, 0.15) is 5.82 Å². The third-order valence-corrected chi connectivity index (χ3v) is 5.68. The lowest BCUT2D eigenvalue weighted by Gasteiger charge is -2.35. The van der Waals surface area contributed by atoms with Crippen molar-refractivity contribution in [2.75, 3.05) is 49.1 Å². The number of carbonyl (C=O) groups is 1. The fourth-order valence-corrected chi connectivity index (χ4v) is 4.11. The number of rotatable bonds is 3. The third-order valence-electron chi connectivity index (χ3n) is 5.68. The molecule has 0 spiro atoms. The van der Waals surface area contributed by atoms with Crippen LogP contribution in [0, 0.1) is 0 Å². The molecule has 2 aliphatic rings. The Kier molecular flexibility index (Phi) is 4.41.